The largest absolute Gasteiger partial charge is 0.480 e. The molecule has 1 aromatic heterocycles. The molecule has 1 rings (SSSR count). The van der Waals surface area contributed by atoms with E-state index in [0.29, 0.717) is 13.1 Å². The zero-order chi connectivity index (χ0) is 13.0. The molecule has 0 amide bonds. The highest BCUT2D eigenvalue weighted by Crippen LogP contribution is 2.14. The third-order valence-corrected chi connectivity index (χ3v) is 2.79. The van der Waals surface area contributed by atoms with Crippen molar-refractivity contribution in [1.29, 1.82) is 0 Å². The van der Waals surface area contributed by atoms with Gasteiger partial charge in [-0.3, -0.25) is 14.4 Å². The Morgan fingerprint density at radius 1 is 1.59 bits per heavy atom. The molecule has 0 saturated carbocycles. The van der Waals surface area contributed by atoms with Crippen LogP contribution in [0, 0.1) is 13.8 Å². The number of aryl methyl sites for hydroxylation is 2. The molecule has 0 spiro atoms. The van der Waals surface area contributed by atoms with E-state index < -0.39 is 5.97 Å². The average molecular weight is 237 g/mol. The van der Waals surface area contributed by atoms with Crippen LogP contribution in [0.2, 0.25) is 0 Å². The minimum absolute atomic E-state index is 0.0137. The Morgan fingerprint density at radius 2 is 2.24 bits per heavy atom. The van der Waals surface area contributed by atoms with Gasteiger partial charge >= 0.3 is 5.97 Å². The minimum atomic E-state index is -0.828. The maximum Gasteiger partial charge on any atom is 0.317 e. The van der Waals surface area contributed by atoms with Crippen molar-refractivity contribution < 1.29 is 9.90 Å². The second-order valence-corrected chi connectivity index (χ2v) is 4.13. The fourth-order valence-electron chi connectivity index (χ4n) is 1.83. The van der Waals surface area contributed by atoms with Gasteiger partial charge in [0.15, 0.2) is 0 Å². The van der Waals surface area contributed by atoms with Crippen LogP contribution in [0.1, 0.15) is 17.0 Å². The van der Waals surface area contributed by atoms with E-state index in [0.717, 1.165) is 17.0 Å². The average Bonchev–Trinajstić information content (AvgIpc) is 2.44. The molecule has 0 bridgehead atoms. The Balaban J connectivity index is 2.84. The van der Waals surface area contributed by atoms with E-state index in [4.69, 9.17) is 5.11 Å². The fraction of sp³-hybridized carbons (Fsp3) is 0.500. The van der Waals surface area contributed by atoms with Crippen molar-refractivity contribution in [3.05, 3.63) is 29.6 Å². The van der Waals surface area contributed by atoms with Crippen molar-refractivity contribution in [2.24, 2.45) is 7.05 Å². The van der Waals surface area contributed by atoms with Gasteiger partial charge < -0.3 is 5.11 Å². The summed E-state index contributed by atoms with van der Waals surface area (Å²) in [6.45, 7) is 8.73. The third-order valence-electron chi connectivity index (χ3n) is 2.79. The molecule has 0 radical (unpaired) electrons. The van der Waals surface area contributed by atoms with Gasteiger partial charge in [-0.25, -0.2) is 0 Å². The summed E-state index contributed by atoms with van der Waals surface area (Å²) in [5.74, 6) is -0.828. The Bertz CT molecular complexity index is 424. The molecule has 0 saturated heterocycles. The molecule has 1 N–H and O–H groups in total. The second-order valence-electron chi connectivity index (χ2n) is 4.13. The molecular formula is C12H19N3O2. The van der Waals surface area contributed by atoms with Gasteiger partial charge in [0, 0.05) is 31.4 Å². The monoisotopic (exact) mass is 237 g/mol. The molecule has 94 valence electrons. The summed E-state index contributed by atoms with van der Waals surface area (Å²) in [6, 6.07) is 0. The first-order chi connectivity index (χ1) is 7.95. The summed E-state index contributed by atoms with van der Waals surface area (Å²) in [4.78, 5) is 12.6. The van der Waals surface area contributed by atoms with E-state index in [1.165, 1.54) is 0 Å². The lowest BCUT2D eigenvalue weighted by Crippen LogP contribution is -2.29. The van der Waals surface area contributed by atoms with Crippen LogP contribution < -0.4 is 0 Å². The van der Waals surface area contributed by atoms with E-state index in [1.54, 1.807) is 6.08 Å². The zero-order valence-electron chi connectivity index (χ0n) is 10.6. The molecule has 1 heterocycles. The standard InChI is InChI=1S/C12H19N3O2/c1-5-6-15(8-12(16)17)7-11-9(2)13-14(4)10(11)3/h5H,1,6-8H2,2-4H3,(H,16,17). The van der Waals surface area contributed by atoms with E-state index in [-0.39, 0.29) is 6.54 Å². The van der Waals surface area contributed by atoms with Crippen molar-refractivity contribution in [2.75, 3.05) is 13.1 Å². The highest BCUT2D eigenvalue weighted by molar-refractivity contribution is 5.69. The lowest BCUT2D eigenvalue weighted by molar-refractivity contribution is -0.138. The van der Waals surface area contributed by atoms with Gasteiger partial charge in [-0.2, -0.15) is 5.10 Å². The summed E-state index contributed by atoms with van der Waals surface area (Å²) in [5, 5.41) is 13.2. The predicted octanol–water partition coefficient (Wildman–Crippen LogP) is 1.11. The maximum atomic E-state index is 10.8. The number of carboxylic acids is 1. The number of hydrogen-bond acceptors (Lipinski definition) is 3. The molecule has 5 nitrogen and oxygen atoms in total. The second kappa shape index (κ2) is 5.63. The number of nitrogens with zero attached hydrogens (tertiary/aromatic N) is 3. The molecule has 0 aliphatic carbocycles. The van der Waals surface area contributed by atoms with E-state index >= 15 is 0 Å². The van der Waals surface area contributed by atoms with Crippen LogP contribution in [-0.2, 0) is 18.4 Å². The van der Waals surface area contributed by atoms with E-state index in [9.17, 15) is 4.79 Å². The van der Waals surface area contributed by atoms with Crippen molar-refractivity contribution in [1.82, 2.24) is 14.7 Å². The molecule has 5 heteroatoms. The SMILES string of the molecule is C=CCN(CC(=O)O)Cc1c(C)nn(C)c1C. The Kier molecular flexibility index (Phi) is 4.45. The van der Waals surface area contributed by atoms with Gasteiger partial charge in [0.1, 0.15) is 0 Å². The summed E-state index contributed by atoms with van der Waals surface area (Å²) in [6.07, 6.45) is 1.71. The summed E-state index contributed by atoms with van der Waals surface area (Å²) >= 11 is 0. The van der Waals surface area contributed by atoms with E-state index in [1.807, 2.05) is 30.5 Å². The van der Waals surface area contributed by atoms with Crippen LogP contribution in [0.4, 0.5) is 0 Å². The van der Waals surface area contributed by atoms with Gasteiger partial charge in [0.2, 0.25) is 0 Å². The molecule has 0 aliphatic heterocycles. The first-order valence-electron chi connectivity index (χ1n) is 5.49. The van der Waals surface area contributed by atoms with Crippen LogP contribution in [0.3, 0.4) is 0 Å². The van der Waals surface area contributed by atoms with Gasteiger partial charge in [0.25, 0.3) is 0 Å². The normalized spacial score (nSPS) is 10.8. The molecule has 1 aromatic rings. The number of carbonyl (C=O) groups is 1. The molecule has 0 aliphatic rings. The van der Waals surface area contributed by atoms with Crippen molar-refractivity contribution in [3.8, 4) is 0 Å². The topological polar surface area (TPSA) is 58.4 Å². The zero-order valence-corrected chi connectivity index (χ0v) is 10.6. The summed E-state index contributed by atoms with van der Waals surface area (Å²) in [7, 11) is 1.89. The lowest BCUT2D eigenvalue weighted by Gasteiger charge is -2.18. The van der Waals surface area contributed by atoms with Crippen LogP contribution in [0.25, 0.3) is 0 Å². The first-order valence-corrected chi connectivity index (χ1v) is 5.49. The molecule has 0 atom stereocenters. The number of aromatic nitrogens is 2. The third kappa shape index (κ3) is 3.42. The number of aliphatic carboxylic acids is 1. The van der Waals surface area contributed by atoms with Gasteiger partial charge in [-0.15, -0.1) is 6.58 Å². The molecule has 0 unspecified atom stereocenters. The molecule has 17 heavy (non-hydrogen) atoms. The van der Waals surface area contributed by atoms with Crippen LogP contribution in [0.5, 0.6) is 0 Å². The smallest absolute Gasteiger partial charge is 0.317 e. The summed E-state index contributed by atoms with van der Waals surface area (Å²) < 4.78 is 1.82. The van der Waals surface area contributed by atoms with Crippen LogP contribution >= 0.6 is 0 Å². The number of carboxylic acid groups (broad SMARTS) is 1. The van der Waals surface area contributed by atoms with Crippen molar-refractivity contribution in [3.63, 3.8) is 0 Å². The van der Waals surface area contributed by atoms with Gasteiger partial charge in [-0.1, -0.05) is 6.08 Å². The Morgan fingerprint density at radius 3 is 2.65 bits per heavy atom. The Hall–Kier alpha value is -1.62. The van der Waals surface area contributed by atoms with Crippen molar-refractivity contribution in [2.45, 2.75) is 20.4 Å². The fourth-order valence-corrected chi connectivity index (χ4v) is 1.83. The molecule has 0 fully saturated rings. The van der Waals surface area contributed by atoms with Gasteiger partial charge in [-0.05, 0) is 13.8 Å². The highest BCUT2D eigenvalue weighted by Gasteiger charge is 2.15. The Labute approximate surface area is 101 Å². The van der Waals surface area contributed by atoms with Crippen molar-refractivity contribution >= 4 is 5.97 Å². The van der Waals surface area contributed by atoms with Crippen LogP contribution in [0.15, 0.2) is 12.7 Å². The first kappa shape index (κ1) is 13.4. The lowest BCUT2D eigenvalue weighted by atomic mass is 10.2. The summed E-state index contributed by atoms with van der Waals surface area (Å²) in [5.41, 5.74) is 3.11. The number of hydrogen-bond donors (Lipinski definition) is 1. The molecular weight excluding hydrogens is 218 g/mol. The maximum absolute atomic E-state index is 10.8. The highest BCUT2D eigenvalue weighted by atomic mass is 16.4. The van der Waals surface area contributed by atoms with E-state index in [2.05, 4.69) is 11.7 Å². The molecule has 0 aromatic carbocycles. The predicted molar refractivity (Wildman–Crippen MR) is 65.8 cm³/mol. The minimum Gasteiger partial charge on any atom is -0.480 e. The number of rotatable bonds is 6. The van der Waals surface area contributed by atoms with Crippen LogP contribution in [-0.4, -0.2) is 38.8 Å². The quantitative estimate of drug-likeness (QED) is 0.753. The van der Waals surface area contributed by atoms with Gasteiger partial charge in [0.05, 0.1) is 12.2 Å².